The van der Waals surface area contributed by atoms with Crippen LogP contribution in [0.1, 0.15) is 17.3 Å². The van der Waals surface area contributed by atoms with Crippen LogP contribution in [-0.4, -0.2) is 17.3 Å². The van der Waals surface area contributed by atoms with Crippen molar-refractivity contribution in [2.45, 2.75) is 20.0 Å². The third-order valence-corrected chi connectivity index (χ3v) is 2.31. The van der Waals surface area contributed by atoms with Gasteiger partial charge in [0.15, 0.2) is 0 Å². The molecule has 90 valence electrons. The molecule has 0 amide bonds. The van der Waals surface area contributed by atoms with Gasteiger partial charge in [-0.05, 0) is 17.7 Å². The number of hydrogen-bond acceptors (Lipinski definition) is 5. The van der Waals surface area contributed by atoms with Crippen molar-refractivity contribution in [3.63, 3.8) is 0 Å². The van der Waals surface area contributed by atoms with Gasteiger partial charge in [-0.25, -0.2) is 0 Å². The average molecular weight is 233 g/mol. The lowest BCUT2D eigenvalue weighted by molar-refractivity contribution is 0.413. The van der Waals surface area contributed by atoms with Crippen LogP contribution in [0.25, 0.3) is 0 Å². The molecule has 5 nitrogen and oxygen atoms in total. The van der Waals surface area contributed by atoms with E-state index in [-0.39, 0.29) is 0 Å². The molecule has 0 bridgehead atoms. The lowest BCUT2D eigenvalue weighted by Crippen LogP contribution is -2.12. The third-order valence-electron chi connectivity index (χ3n) is 2.31. The molecule has 1 aromatic heterocycles. The molecule has 0 aliphatic carbocycles. The highest BCUT2D eigenvalue weighted by atomic mass is 16.5. The van der Waals surface area contributed by atoms with E-state index in [1.165, 1.54) is 0 Å². The Hall–Kier alpha value is -1.88. The van der Waals surface area contributed by atoms with Crippen LogP contribution in [0, 0.1) is 6.92 Å². The summed E-state index contributed by atoms with van der Waals surface area (Å²) in [6, 6.07) is 7.91. The number of aromatic nitrogens is 2. The normalized spacial score (nSPS) is 10.5. The Morgan fingerprint density at radius 3 is 2.88 bits per heavy atom. The van der Waals surface area contributed by atoms with Crippen LogP contribution in [0.4, 0.5) is 0 Å². The Bertz CT molecular complexity index is 482. The summed E-state index contributed by atoms with van der Waals surface area (Å²) in [7, 11) is 1.66. The predicted molar refractivity (Wildman–Crippen MR) is 62.6 cm³/mol. The van der Waals surface area contributed by atoms with Crippen LogP contribution in [0.3, 0.4) is 0 Å². The lowest BCUT2D eigenvalue weighted by Gasteiger charge is -2.04. The highest BCUT2D eigenvalue weighted by Gasteiger charge is 2.01. The minimum absolute atomic E-state index is 0.568. The molecule has 0 unspecified atom stereocenters. The maximum atomic E-state index is 5.26. The second kappa shape index (κ2) is 5.45. The van der Waals surface area contributed by atoms with E-state index in [0.29, 0.717) is 18.3 Å². The van der Waals surface area contributed by atoms with E-state index < -0.39 is 0 Å². The molecule has 0 saturated carbocycles. The van der Waals surface area contributed by atoms with Crippen LogP contribution in [-0.2, 0) is 13.1 Å². The van der Waals surface area contributed by atoms with Crippen LogP contribution in [0.5, 0.6) is 5.75 Å². The van der Waals surface area contributed by atoms with Gasteiger partial charge in [0.05, 0.1) is 13.7 Å². The molecule has 0 aliphatic rings. The molecular formula is C12H15N3O2. The maximum absolute atomic E-state index is 5.26. The van der Waals surface area contributed by atoms with Crippen molar-refractivity contribution >= 4 is 0 Å². The van der Waals surface area contributed by atoms with Crippen LogP contribution in [0.2, 0.25) is 0 Å². The van der Waals surface area contributed by atoms with E-state index in [1.807, 2.05) is 24.3 Å². The van der Waals surface area contributed by atoms with Gasteiger partial charge in [-0.3, -0.25) is 0 Å². The molecular weight excluding hydrogens is 218 g/mol. The van der Waals surface area contributed by atoms with E-state index >= 15 is 0 Å². The summed E-state index contributed by atoms with van der Waals surface area (Å²) in [5.41, 5.74) is 1.15. The number of aryl methyl sites for hydroxylation is 1. The number of rotatable bonds is 5. The van der Waals surface area contributed by atoms with E-state index in [1.54, 1.807) is 14.0 Å². The summed E-state index contributed by atoms with van der Waals surface area (Å²) >= 11 is 0. The van der Waals surface area contributed by atoms with Crippen molar-refractivity contribution in [1.82, 2.24) is 15.5 Å². The SMILES string of the molecule is COc1cccc(CNCc2nnc(C)o2)c1. The van der Waals surface area contributed by atoms with Gasteiger partial charge in [0, 0.05) is 13.5 Å². The topological polar surface area (TPSA) is 60.2 Å². The van der Waals surface area contributed by atoms with Crippen LogP contribution in [0.15, 0.2) is 28.7 Å². The minimum Gasteiger partial charge on any atom is -0.497 e. The molecule has 2 rings (SSSR count). The largest absolute Gasteiger partial charge is 0.497 e. The number of methoxy groups -OCH3 is 1. The predicted octanol–water partition coefficient (Wildman–Crippen LogP) is 1.68. The number of hydrogen-bond donors (Lipinski definition) is 1. The molecule has 0 radical (unpaired) electrons. The summed E-state index contributed by atoms with van der Waals surface area (Å²) in [4.78, 5) is 0. The van der Waals surface area contributed by atoms with Gasteiger partial charge in [0.25, 0.3) is 0 Å². The number of benzene rings is 1. The standard InChI is InChI=1S/C12H15N3O2/c1-9-14-15-12(17-9)8-13-7-10-4-3-5-11(6-10)16-2/h3-6,13H,7-8H2,1-2H3. The Morgan fingerprint density at radius 2 is 2.18 bits per heavy atom. The Labute approximate surface area is 99.8 Å². The molecule has 0 fully saturated rings. The Morgan fingerprint density at radius 1 is 1.29 bits per heavy atom. The number of nitrogens with zero attached hydrogens (tertiary/aromatic N) is 2. The highest BCUT2D eigenvalue weighted by molar-refractivity contribution is 5.28. The first-order chi connectivity index (χ1) is 8.28. The van der Waals surface area contributed by atoms with E-state index in [9.17, 15) is 0 Å². The zero-order chi connectivity index (χ0) is 12.1. The van der Waals surface area contributed by atoms with Crippen molar-refractivity contribution in [3.8, 4) is 5.75 Å². The molecule has 1 N–H and O–H groups in total. The molecule has 17 heavy (non-hydrogen) atoms. The first-order valence-electron chi connectivity index (χ1n) is 5.40. The fraction of sp³-hybridized carbons (Fsp3) is 0.333. The second-order valence-electron chi connectivity index (χ2n) is 3.67. The first kappa shape index (κ1) is 11.6. The second-order valence-corrected chi connectivity index (χ2v) is 3.67. The van der Waals surface area contributed by atoms with Crippen molar-refractivity contribution in [3.05, 3.63) is 41.6 Å². The fourth-order valence-electron chi connectivity index (χ4n) is 1.51. The molecule has 0 saturated heterocycles. The molecule has 1 heterocycles. The van der Waals surface area contributed by atoms with E-state index in [4.69, 9.17) is 9.15 Å². The molecule has 5 heteroatoms. The summed E-state index contributed by atoms with van der Waals surface area (Å²) in [5.74, 6) is 2.05. The van der Waals surface area contributed by atoms with Gasteiger partial charge >= 0.3 is 0 Å². The van der Waals surface area contributed by atoms with Crippen molar-refractivity contribution in [2.24, 2.45) is 0 Å². The molecule has 1 aromatic carbocycles. The zero-order valence-electron chi connectivity index (χ0n) is 9.93. The average Bonchev–Trinajstić information content (AvgIpc) is 2.75. The lowest BCUT2D eigenvalue weighted by atomic mass is 10.2. The van der Waals surface area contributed by atoms with Gasteiger partial charge in [-0.1, -0.05) is 12.1 Å². The van der Waals surface area contributed by atoms with E-state index in [0.717, 1.165) is 17.9 Å². The van der Waals surface area contributed by atoms with Gasteiger partial charge in [0.2, 0.25) is 11.8 Å². The molecule has 0 aliphatic heterocycles. The third kappa shape index (κ3) is 3.29. The quantitative estimate of drug-likeness (QED) is 0.851. The summed E-state index contributed by atoms with van der Waals surface area (Å²) < 4.78 is 10.4. The fourth-order valence-corrected chi connectivity index (χ4v) is 1.51. The molecule has 0 spiro atoms. The monoisotopic (exact) mass is 233 g/mol. The molecule has 2 aromatic rings. The first-order valence-corrected chi connectivity index (χ1v) is 5.40. The summed E-state index contributed by atoms with van der Waals surface area (Å²) in [6.07, 6.45) is 0. The smallest absolute Gasteiger partial charge is 0.230 e. The molecule has 0 atom stereocenters. The Kier molecular flexibility index (Phi) is 3.72. The van der Waals surface area contributed by atoms with Crippen molar-refractivity contribution < 1.29 is 9.15 Å². The van der Waals surface area contributed by atoms with Crippen LogP contribution < -0.4 is 10.1 Å². The van der Waals surface area contributed by atoms with E-state index in [2.05, 4.69) is 15.5 Å². The maximum Gasteiger partial charge on any atom is 0.230 e. The summed E-state index contributed by atoms with van der Waals surface area (Å²) in [5, 5.41) is 10.9. The van der Waals surface area contributed by atoms with Gasteiger partial charge < -0.3 is 14.5 Å². The zero-order valence-corrected chi connectivity index (χ0v) is 9.93. The van der Waals surface area contributed by atoms with Gasteiger partial charge in [-0.2, -0.15) is 0 Å². The minimum atomic E-state index is 0.568. The number of nitrogens with one attached hydrogen (secondary N) is 1. The van der Waals surface area contributed by atoms with Gasteiger partial charge in [-0.15, -0.1) is 10.2 Å². The van der Waals surface area contributed by atoms with Crippen molar-refractivity contribution in [2.75, 3.05) is 7.11 Å². The van der Waals surface area contributed by atoms with Crippen LogP contribution >= 0.6 is 0 Å². The summed E-state index contributed by atoms with van der Waals surface area (Å²) in [6.45, 7) is 3.08. The Balaban J connectivity index is 1.85. The van der Waals surface area contributed by atoms with Crippen molar-refractivity contribution in [1.29, 1.82) is 0 Å². The highest BCUT2D eigenvalue weighted by Crippen LogP contribution is 2.12. The number of ether oxygens (including phenoxy) is 1. The van der Waals surface area contributed by atoms with Gasteiger partial charge in [0.1, 0.15) is 5.75 Å².